The average molecular weight is 368 g/mol. The normalized spacial score (nSPS) is 14.9. The van der Waals surface area contributed by atoms with Crippen LogP contribution in [0.15, 0.2) is 47.3 Å². The summed E-state index contributed by atoms with van der Waals surface area (Å²) in [7, 11) is -3.20. The Labute approximate surface area is 155 Å². The first-order valence-electron chi connectivity index (χ1n) is 9.17. The molecular weight excluding hydrogens is 331 g/mol. The molecule has 0 saturated carbocycles. The van der Waals surface area contributed by atoms with Crippen LogP contribution >= 0.6 is 7.60 Å². The van der Waals surface area contributed by atoms with E-state index in [2.05, 4.69) is 52.0 Å². The summed E-state index contributed by atoms with van der Waals surface area (Å²) < 4.78 is 23.7. The molecule has 0 rings (SSSR count). The van der Waals surface area contributed by atoms with Gasteiger partial charge in [-0.3, -0.25) is 4.57 Å². The molecule has 4 heteroatoms. The van der Waals surface area contributed by atoms with Crippen molar-refractivity contribution in [2.45, 2.75) is 80.4 Å². The molecule has 0 amide bonds. The monoisotopic (exact) mass is 368 g/mol. The van der Waals surface area contributed by atoms with Crippen molar-refractivity contribution >= 4 is 7.60 Å². The molecule has 0 radical (unpaired) electrons. The van der Waals surface area contributed by atoms with E-state index in [4.69, 9.17) is 9.05 Å². The van der Waals surface area contributed by atoms with E-state index in [1.54, 1.807) is 5.82 Å². The molecule has 0 aromatic rings. The molecule has 0 N–H and O–H groups in total. The minimum Gasteiger partial charge on any atom is -0.303 e. The largest absolute Gasteiger partial charge is 0.354 e. The molecule has 0 aromatic carbocycles. The molecule has 0 aliphatic carbocycles. The first-order valence-corrected chi connectivity index (χ1v) is 10.8. The van der Waals surface area contributed by atoms with Gasteiger partial charge in [0, 0.05) is 5.82 Å². The minimum absolute atomic E-state index is 0.147. The maximum Gasteiger partial charge on any atom is 0.354 e. The first-order chi connectivity index (χ1) is 11.5. The lowest BCUT2D eigenvalue weighted by Crippen LogP contribution is -2.06. The van der Waals surface area contributed by atoms with Crippen LogP contribution in [0.4, 0.5) is 0 Å². The summed E-state index contributed by atoms with van der Waals surface area (Å²) in [5.41, 5.74) is 2.71. The van der Waals surface area contributed by atoms with Crippen molar-refractivity contribution in [2.24, 2.45) is 5.92 Å². The summed E-state index contributed by atoms with van der Waals surface area (Å²) in [6.45, 7) is 15.9. The van der Waals surface area contributed by atoms with E-state index in [1.807, 2.05) is 33.8 Å². The summed E-state index contributed by atoms with van der Waals surface area (Å²) in [5, 5.41) is 0. The van der Waals surface area contributed by atoms with E-state index in [1.165, 1.54) is 11.1 Å². The lowest BCUT2D eigenvalue weighted by molar-refractivity contribution is 0.149. The highest BCUT2D eigenvalue weighted by molar-refractivity contribution is 7.57. The summed E-state index contributed by atoms with van der Waals surface area (Å²) in [4.78, 5) is 0. The van der Waals surface area contributed by atoms with Crippen LogP contribution in [0.1, 0.15) is 68.2 Å². The van der Waals surface area contributed by atoms with E-state index >= 15 is 0 Å². The van der Waals surface area contributed by atoms with Crippen molar-refractivity contribution in [3.63, 3.8) is 0 Å². The second-order valence-corrected chi connectivity index (χ2v) is 9.07. The van der Waals surface area contributed by atoms with Gasteiger partial charge in [0.25, 0.3) is 0 Å². The molecule has 0 aliphatic heterocycles. The van der Waals surface area contributed by atoms with E-state index in [-0.39, 0.29) is 18.1 Å². The average Bonchev–Trinajstić information content (AvgIpc) is 2.43. The Morgan fingerprint density at radius 2 is 1.52 bits per heavy atom. The van der Waals surface area contributed by atoms with Gasteiger partial charge in [-0.1, -0.05) is 48.5 Å². The Bertz CT molecular complexity index is 521. The molecule has 0 saturated heterocycles. The fourth-order valence-corrected chi connectivity index (χ4v) is 3.90. The molecule has 1 unspecified atom stereocenters. The summed E-state index contributed by atoms with van der Waals surface area (Å²) in [5.74, 6) is 1.75. The van der Waals surface area contributed by atoms with E-state index in [0.29, 0.717) is 0 Å². The highest BCUT2D eigenvalue weighted by Gasteiger charge is 2.24. The standard InChI is InChI=1S/C21H37O3P/c1-17(2)11-9-12-20(7)13-10-14-21(8)15-16-25(22,23-18(3)4)24-19(5)6/h10-11,13-16,18-19,21H,9,12H2,1-8H3/b14-10+,16-15+,20-13+. The summed E-state index contributed by atoms with van der Waals surface area (Å²) in [6, 6.07) is 0. The molecule has 0 bridgehead atoms. The van der Waals surface area contributed by atoms with Crippen LogP contribution in [0, 0.1) is 5.92 Å². The zero-order chi connectivity index (χ0) is 19.5. The third-order valence-electron chi connectivity index (χ3n) is 3.17. The molecule has 144 valence electrons. The van der Waals surface area contributed by atoms with Gasteiger partial charge in [-0.25, -0.2) is 0 Å². The van der Waals surface area contributed by atoms with Crippen LogP contribution in [0.5, 0.6) is 0 Å². The van der Waals surface area contributed by atoms with Crippen LogP contribution in [0.2, 0.25) is 0 Å². The molecule has 3 nitrogen and oxygen atoms in total. The Morgan fingerprint density at radius 3 is 2.00 bits per heavy atom. The lowest BCUT2D eigenvalue weighted by Gasteiger charge is -2.20. The van der Waals surface area contributed by atoms with E-state index in [0.717, 1.165) is 12.8 Å². The molecule has 0 aliphatic rings. The smallest absolute Gasteiger partial charge is 0.303 e. The molecule has 1 atom stereocenters. The van der Waals surface area contributed by atoms with Crippen LogP contribution in [-0.2, 0) is 13.6 Å². The Kier molecular flexibility index (Phi) is 12.0. The van der Waals surface area contributed by atoms with Crippen molar-refractivity contribution in [3.8, 4) is 0 Å². The van der Waals surface area contributed by atoms with Gasteiger partial charge >= 0.3 is 7.60 Å². The Morgan fingerprint density at radius 1 is 0.960 bits per heavy atom. The first kappa shape index (κ1) is 24.1. The third-order valence-corrected chi connectivity index (χ3v) is 5.14. The summed E-state index contributed by atoms with van der Waals surface area (Å²) in [6.07, 6.45) is 12.3. The minimum atomic E-state index is -3.20. The van der Waals surface area contributed by atoms with Crippen molar-refractivity contribution in [3.05, 3.63) is 47.3 Å². The molecule has 0 spiro atoms. The second kappa shape index (κ2) is 12.5. The molecule has 25 heavy (non-hydrogen) atoms. The predicted octanol–water partition coefficient (Wildman–Crippen LogP) is 7.43. The Hall–Kier alpha value is -0.890. The van der Waals surface area contributed by atoms with E-state index < -0.39 is 7.60 Å². The fraction of sp³-hybridized carbons (Fsp3) is 0.619. The molecule has 0 aromatic heterocycles. The molecular formula is C21H37O3P. The van der Waals surface area contributed by atoms with Crippen molar-refractivity contribution < 1.29 is 13.6 Å². The molecule has 0 fully saturated rings. The highest BCUT2D eigenvalue weighted by atomic mass is 31.2. The summed E-state index contributed by atoms with van der Waals surface area (Å²) >= 11 is 0. The van der Waals surface area contributed by atoms with E-state index in [9.17, 15) is 4.57 Å². The second-order valence-electron chi connectivity index (χ2n) is 7.27. The maximum atomic E-state index is 12.7. The van der Waals surface area contributed by atoms with Gasteiger partial charge in [0.05, 0.1) is 12.2 Å². The zero-order valence-corrected chi connectivity index (χ0v) is 18.2. The number of hydrogen-bond donors (Lipinski definition) is 0. The fourth-order valence-electron chi connectivity index (χ4n) is 2.06. The van der Waals surface area contributed by atoms with Crippen LogP contribution in [0.25, 0.3) is 0 Å². The van der Waals surface area contributed by atoms with Gasteiger partial charge in [-0.05, 0) is 67.2 Å². The van der Waals surface area contributed by atoms with Gasteiger partial charge in [0.1, 0.15) is 0 Å². The van der Waals surface area contributed by atoms with Gasteiger partial charge in [-0.2, -0.15) is 0 Å². The molecule has 0 heterocycles. The predicted molar refractivity (Wildman–Crippen MR) is 110 cm³/mol. The van der Waals surface area contributed by atoms with Gasteiger partial charge < -0.3 is 9.05 Å². The number of rotatable bonds is 11. The van der Waals surface area contributed by atoms with Gasteiger partial charge in [-0.15, -0.1) is 0 Å². The van der Waals surface area contributed by atoms with Crippen LogP contribution in [0.3, 0.4) is 0 Å². The number of hydrogen-bond acceptors (Lipinski definition) is 3. The lowest BCUT2D eigenvalue weighted by atomic mass is 10.1. The highest BCUT2D eigenvalue weighted by Crippen LogP contribution is 2.52. The SMILES string of the molecule is CC(C)=CCC/C(C)=C/C=C/C(C)/C=C/P(=O)(OC(C)C)OC(C)C. The maximum absolute atomic E-state index is 12.7. The zero-order valence-electron chi connectivity index (χ0n) is 17.3. The third kappa shape index (κ3) is 14.0. The van der Waals surface area contributed by atoms with Gasteiger partial charge in [0.2, 0.25) is 0 Å². The van der Waals surface area contributed by atoms with Crippen molar-refractivity contribution in [1.82, 2.24) is 0 Å². The number of allylic oxidation sites excluding steroid dienone is 7. The van der Waals surface area contributed by atoms with Crippen LogP contribution in [-0.4, -0.2) is 12.2 Å². The van der Waals surface area contributed by atoms with Crippen molar-refractivity contribution in [2.75, 3.05) is 0 Å². The van der Waals surface area contributed by atoms with Gasteiger partial charge in [0.15, 0.2) is 0 Å². The quantitative estimate of drug-likeness (QED) is 0.216. The topological polar surface area (TPSA) is 35.5 Å². The Balaban J connectivity index is 4.72. The van der Waals surface area contributed by atoms with Crippen molar-refractivity contribution in [1.29, 1.82) is 0 Å². The van der Waals surface area contributed by atoms with Crippen LogP contribution < -0.4 is 0 Å².